The van der Waals surface area contributed by atoms with Gasteiger partial charge in [-0.25, -0.2) is 4.98 Å². The third kappa shape index (κ3) is 2.58. The minimum atomic E-state index is 0.189. The Balaban J connectivity index is 2.06. The summed E-state index contributed by atoms with van der Waals surface area (Å²) >= 11 is 0. The monoisotopic (exact) mass is 233 g/mol. The second kappa shape index (κ2) is 4.75. The van der Waals surface area contributed by atoms with Crippen LogP contribution in [0.1, 0.15) is 48.8 Å². The SMILES string of the molecule is Cc1cc(C(C)NC(C)c2ncc[nH]2)c(C)o1. The number of furan rings is 1. The van der Waals surface area contributed by atoms with Crippen LogP contribution in [-0.4, -0.2) is 9.97 Å². The van der Waals surface area contributed by atoms with Crippen molar-refractivity contribution in [3.63, 3.8) is 0 Å². The molecule has 0 bridgehead atoms. The Morgan fingerprint density at radius 3 is 2.59 bits per heavy atom. The summed E-state index contributed by atoms with van der Waals surface area (Å²) in [6.45, 7) is 8.20. The van der Waals surface area contributed by atoms with Gasteiger partial charge in [-0.15, -0.1) is 0 Å². The van der Waals surface area contributed by atoms with Crippen LogP contribution >= 0.6 is 0 Å². The molecule has 0 aromatic carbocycles. The molecule has 4 nitrogen and oxygen atoms in total. The first-order valence-electron chi connectivity index (χ1n) is 5.90. The van der Waals surface area contributed by atoms with E-state index in [0.29, 0.717) is 0 Å². The van der Waals surface area contributed by atoms with Crippen LogP contribution in [0, 0.1) is 13.8 Å². The summed E-state index contributed by atoms with van der Waals surface area (Å²) in [5, 5.41) is 3.50. The van der Waals surface area contributed by atoms with Gasteiger partial charge in [-0.3, -0.25) is 0 Å². The third-order valence-corrected chi connectivity index (χ3v) is 2.98. The number of nitrogens with zero attached hydrogens (tertiary/aromatic N) is 1. The highest BCUT2D eigenvalue weighted by molar-refractivity contribution is 5.23. The molecule has 2 rings (SSSR count). The zero-order valence-corrected chi connectivity index (χ0v) is 10.7. The quantitative estimate of drug-likeness (QED) is 0.853. The summed E-state index contributed by atoms with van der Waals surface area (Å²) in [6.07, 6.45) is 3.61. The van der Waals surface area contributed by atoms with Crippen LogP contribution in [0.3, 0.4) is 0 Å². The van der Waals surface area contributed by atoms with Crippen LogP contribution in [0.15, 0.2) is 22.9 Å². The molecular weight excluding hydrogens is 214 g/mol. The van der Waals surface area contributed by atoms with Gasteiger partial charge in [-0.2, -0.15) is 0 Å². The van der Waals surface area contributed by atoms with E-state index in [1.807, 2.05) is 20.0 Å². The van der Waals surface area contributed by atoms with Crippen molar-refractivity contribution < 1.29 is 4.42 Å². The van der Waals surface area contributed by atoms with E-state index in [0.717, 1.165) is 17.3 Å². The Morgan fingerprint density at radius 2 is 2.06 bits per heavy atom. The topological polar surface area (TPSA) is 53.9 Å². The number of rotatable bonds is 4. The molecule has 0 saturated heterocycles. The van der Waals surface area contributed by atoms with Crippen LogP contribution in [0.5, 0.6) is 0 Å². The Morgan fingerprint density at radius 1 is 1.29 bits per heavy atom. The minimum absolute atomic E-state index is 0.189. The Hall–Kier alpha value is -1.55. The molecule has 4 heteroatoms. The van der Waals surface area contributed by atoms with E-state index < -0.39 is 0 Å². The molecule has 2 aromatic rings. The largest absolute Gasteiger partial charge is 0.466 e. The molecule has 0 aliphatic carbocycles. The maximum Gasteiger partial charge on any atom is 0.122 e. The number of aryl methyl sites for hydroxylation is 2. The van der Waals surface area contributed by atoms with Crippen molar-refractivity contribution in [2.75, 3.05) is 0 Å². The number of aromatic nitrogens is 2. The van der Waals surface area contributed by atoms with Gasteiger partial charge in [0.1, 0.15) is 17.3 Å². The molecule has 17 heavy (non-hydrogen) atoms. The lowest BCUT2D eigenvalue weighted by atomic mass is 10.1. The Bertz CT molecular complexity index is 473. The molecule has 0 aliphatic rings. The first kappa shape index (κ1) is 11.9. The van der Waals surface area contributed by atoms with Crippen molar-refractivity contribution in [2.45, 2.75) is 39.8 Å². The number of H-pyrrole nitrogens is 1. The predicted octanol–water partition coefficient (Wildman–Crippen LogP) is 3.03. The van der Waals surface area contributed by atoms with Gasteiger partial charge < -0.3 is 14.7 Å². The van der Waals surface area contributed by atoms with Gasteiger partial charge in [-0.05, 0) is 33.8 Å². The lowest BCUT2D eigenvalue weighted by Gasteiger charge is -2.18. The zero-order valence-electron chi connectivity index (χ0n) is 10.7. The Labute approximate surface area is 101 Å². The van der Waals surface area contributed by atoms with Crippen LogP contribution in [-0.2, 0) is 0 Å². The predicted molar refractivity (Wildman–Crippen MR) is 66.7 cm³/mol. The van der Waals surface area contributed by atoms with Crippen molar-refractivity contribution in [3.05, 3.63) is 41.4 Å². The summed E-state index contributed by atoms with van der Waals surface area (Å²) in [6, 6.07) is 2.52. The van der Waals surface area contributed by atoms with E-state index in [4.69, 9.17) is 4.42 Å². The van der Waals surface area contributed by atoms with Crippen molar-refractivity contribution in [3.8, 4) is 0 Å². The fourth-order valence-electron chi connectivity index (χ4n) is 2.14. The van der Waals surface area contributed by atoms with Crippen LogP contribution in [0.4, 0.5) is 0 Å². The number of imidazole rings is 1. The van der Waals surface area contributed by atoms with Gasteiger partial charge in [0.15, 0.2) is 0 Å². The van der Waals surface area contributed by atoms with E-state index in [1.54, 1.807) is 6.20 Å². The lowest BCUT2D eigenvalue weighted by molar-refractivity contribution is 0.460. The van der Waals surface area contributed by atoms with E-state index in [1.165, 1.54) is 5.56 Å². The van der Waals surface area contributed by atoms with Gasteiger partial charge >= 0.3 is 0 Å². The number of aromatic amines is 1. The van der Waals surface area contributed by atoms with Crippen molar-refractivity contribution in [2.24, 2.45) is 0 Å². The van der Waals surface area contributed by atoms with Gasteiger partial charge in [0.2, 0.25) is 0 Å². The summed E-state index contributed by atoms with van der Waals surface area (Å²) in [5.74, 6) is 2.89. The standard InChI is InChI=1S/C13H19N3O/c1-8-7-12(11(4)17-8)9(2)16-10(3)13-14-5-6-15-13/h5-7,9-10,16H,1-4H3,(H,14,15). The number of hydrogen-bond donors (Lipinski definition) is 2. The Kier molecular flexibility index (Phi) is 3.33. The van der Waals surface area contributed by atoms with Gasteiger partial charge in [-0.1, -0.05) is 0 Å². The second-order valence-corrected chi connectivity index (χ2v) is 4.45. The highest BCUT2D eigenvalue weighted by Crippen LogP contribution is 2.23. The molecule has 2 atom stereocenters. The maximum atomic E-state index is 5.54. The summed E-state index contributed by atoms with van der Waals surface area (Å²) in [7, 11) is 0. The van der Waals surface area contributed by atoms with Crippen molar-refractivity contribution in [1.29, 1.82) is 0 Å². The molecule has 0 saturated carbocycles. The molecule has 0 radical (unpaired) electrons. The second-order valence-electron chi connectivity index (χ2n) is 4.45. The van der Waals surface area contributed by atoms with E-state index >= 15 is 0 Å². The van der Waals surface area contributed by atoms with E-state index in [9.17, 15) is 0 Å². The average Bonchev–Trinajstić information content (AvgIpc) is 2.87. The lowest BCUT2D eigenvalue weighted by Crippen LogP contribution is -2.23. The molecule has 2 heterocycles. The highest BCUT2D eigenvalue weighted by Gasteiger charge is 2.16. The van der Waals surface area contributed by atoms with Gasteiger partial charge in [0.05, 0.1) is 6.04 Å². The zero-order chi connectivity index (χ0) is 12.4. The molecule has 92 valence electrons. The van der Waals surface area contributed by atoms with Gasteiger partial charge in [0, 0.05) is 24.0 Å². The smallest absolute Gasteiger partial charge is 0.122 e. The average molecular weight is 233 g/mol. The van der Waals surface area contributed by atoms with Crippen molar-refractivity contribution in [1.82, 2.24) is 15.3 Å². The molecule has 2 aromatic heterocycles. The molecule has 0 fully saturated rings. The maximum absolute atomic E-state index is 5.54. The fraction of sp³-hybridized carbons (Fsp3) is 0.462. The van der Waals surface area contributed by atoms with Crippen LogP contribution in [0.2, 0.25) is 0 Å². The molecule has 0 spiro atoms. The van der Waals surface area contributed by atoms with Crippen molar-refractivity contribution >= 4 is 0 Å². The minimum Gasteiger partial charge on any atom is -0.466 e. The van der Waals surface area contributed by atoms with Gasteiger partial charge in [0.25, 0.3) is 0 Å². The highest BCUT2D eigenvalue weighted by atomic mass is 16.3. The molecule has 0 aliphatic heterocycles. The summed E-state index contributed by atoms with van der Waals surface area (Å²) < 4.78 is 5.54. The van der Waals surface area contributed by atoms with E-state index in [2.05, 4.69) is 35.2 Å². The first-order chi connectivity index (χ1) is 8.08. The third-order valence-electron chi connectivity index (χ3n) is 2.98. The first-order valence-corrected chi connectivity index (χ1v) is 5.90. The van der Waals surface area contributed by atoms with Crippen LogP contribution < -0.4 is 5.32 Å². The number of nitrogens with one attached hydrogen (secondary N) is 2. The molecule has 0 amide bonds. The number of hydrogen-bond acceptors (Lipinski definition) is 3. The van der Waals surface area contributed by atoms with Crippen LogP contribution in [0.25, 0.3) is 0 Å². The normalized spacial score (nSPS) is 14.8. The summed E-state index contributed by atoms with van der Waals surface area (Å²) in [5.41, 5.74) is 1.21. The van der Waals surface area contributed by atoms with E-state index in [-0.39, 0.29) is 12.1 Å². The molecule has 2 unspecified atom stereocenters. The molecule has 2 N–H and O–H groups in total. The summed E-state index contributed by atoms with van der Waals surface area (Å²) in [4.78, 5) is 7.37. The molecular formula is C13H19N3O. The fourth-order valence-corrected chi connectivity index (χ4v) is 2.14.